The van der Waals surface area contributed by atoms with Gasteiger partial charge in [0, 0.05) is 34.3 Å². The van der Waals surface area contributed by atoms with Gasteiger partial charge >= 0.3 is 0 Å². The van der Waals surface area contributed by atoms with E-state index in [-0.39, 0.29) is 29.6 Å². The van der Waals surface area contributed by atoms with Gasteiger partial charge in [-0.15, -0.1) is 6.58 Å². The Kier molecular flexibility index (Phi) is 6.82. The number of carbonyl (C=O) groups excluding carboxylic acids is 2. The Morgan fingerprint density at radius 2 is 1.66 bits per heavy atom. The van der Waals surface area contributed by atoms with Crippen LogP contribution >= 0.6 is 0 Å². The molecule has 4 aromatic rings. The number of para-hydroxylation sites is 1. The molecule has 0 saturated heterocycles. The minimum absolute atomic E-state index is 0.123. The Balaban J connectivity index is 1.70. The number of anilines is 2. The predicted molar refractivity (Wildman–Crippen MR) is 139 cm³/mol. The average molecular weight is 470 g/mol. The number of benzene rings is 3. The SMILES string of the molecule is C=CC(C)(C)CC(=O)Nc1ccc2c(c1)cc(C(=O)Nc1ccccc1)n2Cc1ccccc1F. The molecule has 2 N–H and O–H groups in total. The van der Waals surface area contributed by atoms with Crippen LogP contribution in [0.3, 0.4) is 0 Å². The highest BCUT2D eigenvalue weighted by Gasteiger charge is 2.20. The van der Waals surface area contributed by atoms with Gasteiger partial charge in [0.1, 0.15) is 11.5 Å². The lowest BCUT2D eigenvalue weighted by atomic mass is 9.89. The summed E-state index contributed by atoms with van der Waals surface area (Å²) in [5.74, 6) is -0.762. The second kappa shape index (κ2) is 9.97. The number of aromatic nitrogens is 1. The molecule has 178 valence electrons. The van der Waals surface area contributed by atoms with Crippen LogP contribution in [0.15, 0.2) is 91.5 Å². The van der Waals surface area contributed by atoms with Crippen molar-refractivity contribution in [3.05, 3.63) is 109 Å². The summed E-state index contributed by atoms with van der Waals surface area (Å²) in [6, 6.07) is 22.9. The molecule has 1 heterocycles. The molecule has 0 atom stereocenters. The fourth-order valence-corrected chi connectivity index (χ4v) is 3.91. The number of hydrogen-bond acceptors (Lipinski definition) is 2. The number of nitrogens with one attached hydrogen (secondary N) is 2. The van der Waals surface area contributed by atoms with Crippen LogP contribution in [0.5, 0.6) is 0 Å². The highest BCUT2D eigenvalue weighted by atomic mass is 19.1. The van der Waals surface area contributed by atoms with E-state index in [1.165, 1.54) is 6.07 Å². The maximum Gasteiger partial charge on any atom is 0.272 e. The largest absolute Gasteiger partial charge is 0.332 e. The van der Waals surface area contributed by atoms with Gasteiger partial charge in [0.25, 0.3) is 5.91 Å². The Hall–Kier alpha value is -4.19. The summed E-state index contributed by atoms with van der Waals surface area (Å²) in [5, 5.41) is 6.60. The third kappa shape index (κ3) is 5.66. The third-order valence-electron chi connectivity index (χ3n) is 5.90. The van der Waals surface area contributed by atoms with E-state index in [4.69, 9.17) is 0 Å². The summed E-state index contributed by atoms with van der Waals surface area (Å²) >= 11 is 0. The molecule has 0 aliphatic carbocycles. The second-order valence-electron chi connectivity index (χ2n) is 9.22. The number of allylic oxidation sites excluding steroid dienone is 1. The standard InChI is InChI=1S/C29H28FN3O2/c1-4-29(2,3)18-27(34)31-23-14-15-25-21(16-23)17-26(28(35)32-22-11-6-5-7-12-22)33(25)19-20-10-8-9-13-24(20)30/h4-17H,1,18-19H2,2-3H3,(H,31,34)(H,32,35). The summed E-state index contributed by atoms with van der Waals surface area (Å²) in [6.07, 6.45) is 2.06. The lowest BCUT2D eigenvalue weighted by Gasteiger charge is -2.18. The van der Waals surface area contributed by atoms with E-state index in [2.05, 4.69) is 17.2 Å². The monoisotopic (exact) mass is 469 g/mol. The molecule has 0 saturated carbocycles. The number of rotatable bonds is 8. The molecule has 35 heavy (non-hydrogen) atoms. The van der Waals surface area contributed by atoms with Gasteiger partial charge in [-0.3, -0.25) is 9.59 Å². The molecular formula is C29H28FN3O2. The van der Waals surface area contributed by atoms with Crippen molar-refractivity contribution in [2.24, 2.45) is 5.41 Å². The topological polar surface area (TPSA) is 63.1 Å². The minimum Gasteiger partial charge on any atom is -0.332 e. The first-order chi connectivity index (χ1) is 16.8. The van der Waals surface area contributed by atoms with Crippen molar-refractivity contribution in [2.75, 3.05) is 10.6 Å². The van der Waals surface area contributed by atoms with Crippen LogP contribution in [0, 0.1) is 11.2 Å². The zero-order valence-corrected chi connectivity index (χ0v) is 19.8. The maximum atomic E-state index is 14.5. The lowest BCUT2D eigenvalue weighted by Crippen LogP contribution is -2.20. The average Bonchev–Trinajstić information content (AvgIpc) is 3.18. The van der Waals surface area contributed by atoms with Crippen LogP contribution in [0.4, 0.5) is 15.8 Å². The van der Waals surface area contributed by atoms with Gasteiger partial charge in [-0.2, -0.15) is 0 Å². The van der Waals surface area contributed by atoms with Crippen LogP contribution < -0.4 is 10.6 Å². The number of halogens is 1. The number of fused-ring (bicyclic) bond motifs is 1. The van der Waals surface area contributed by atoms with Crippen molar-refractivity contribution in [1.29, 1.82) is 0 Å². The quantitative estimate of drug-likeness (QED) is 0.285. The van der Waals surface area contributed by atoms with Crippen LogP contribution in [-0.4, -0.2) is 16.4 Å². The summed E-state index contributed by atoms with van der Waals surface area (Å²) in [6.45, 7) is 7.87. The van der Waals surface area contributed by atoms with E-state index in [1.807, 2.05) is 44.2 Å². The summed E-state index contributed by atoms with van der Waals surface area (Å²) in [4.78, 5) is 25.7. The molecule has 0 unspecified atom stereocenters. The summed E-state index contributed by atoms with van der Waals surface area (Å²) < 4.78 is 16.3. The van der Waals surface area contributed by atoms with Gasteiger partial charge in [0.05, 0.1) is 6.54 Å². The molecule has 0 radical (unpaired) electrons. The van der Waals surface area contributed by atoms with E-state index in [0.29, 0.717) is 29.1 Å². The first-order valence-corrected chi connectivity index (χ1v) is 11.4. The van der Waals surface area contributed by atoms with Crippen LogP contribution in [0.1, 0.15) is 36.3 Å². The Morgan fingerprint density at radius 3 is 2.37 bits per heavy atom. The van der Waals surface area contributed by atoms with Gasteiger partial charge in [0.2, 0.25) is 5.91 Å². The van der Waals surface area contributed by atoms with E-state index in [0.717, 1.165) is 10.9 Å². The molecule has 0 spiro atoms. The van der Waals surface area contributed by atoms with Crippen molar-refractivity contribution < 1.29 is 14.0 Å². The number of amides is 2. The van der Waals surface area contributed by atoms with Crippen molar-refractivity contribution >= 4 is 34.1 Å². The van der Waals surface area contributed by atoms with Crippen LogP contribution in [-0.2, 0) is 11.3 Å². The molecule has 0 bridgehead atoms. The highest BCUT2D eigenvalue weighted by Crippen LogP contribution is 2.27. The van der Waals surface area contributed by atoms with Gasteiger partial charge in [-0.05, 0) is 47.9 Å². The maximum absolute atomic E-state index is 14.5. The summed E-state index contributed by atoms with van der Waals surface area (Å²) in [7, 11) is 0. The van der Waals surface area contributed by atoms with Crippen LogP contribution in [0.2, 0.25) is 0 Å². The van der Waals surface area contributed by atoms with Crippen LogP contribution in [0.25, 0.3) is 10.9 Å². The van der Waals surface area contributed by atoms with E-state index < -0.39 is 0 Å². The van der Waals surface area contributed by atoms with Gasteiger partial charge < -0.3 is 15.2 Å². The molecular weight excluding hydrogens is 441 g/mol. The molecule has 4 rings (SSSR count). The van der Waals surface area contributed by atoms with E-state index in [1.54, 1.807) is 53.1 Å². The van der Waals surface area contributed by atoms with Gasteiger partial charge in [-0.1, -0.05) is 56.3 Å². The normalized spacial score (nSPS) is 11.3. The Bertz CT molecular complexity index is 1390. The smallest absolute Gasteiger partial charge is 0.272 e. The number of nitrogens with zero attached hydrogens (tertiary/aromatic N) is 1. The van der Waals surface area contributed by atoms with E-state index in [9.17, 15) is 14.0 Å². The first-order valence-electron chi connectivity index (χ1n) is 11.4. The molecule has 0 aliphatic heterocycles. The van der Waals surface area contributed by atoms with Gasteiger partial charge in [-0.25, -0.2) is 4.39 Å². The minimum atomic E-state index is -0.336. The zero-order valence-electron chi connectivity index (χ0n) is 19.8. The Labute approximate surface area is 204 Å². The van der Waals surface area contributed by atoms with E-state index >= 15 is 0 Å². The van der Waals surface area contributed by atoms with Crippen molar-refractivity contribution in [3.8, 4) is 0 Å². The number of carbonyl (C=O) groups is 2. The zero-order chi connectivity index (χ0) is 25.0. The molecule has 1 aromatic heterocycles. The predicted octanol–water partition coefficient (Wildman–Crippen LogP) is 6.62. The second-order valence-corrected chi connectivity index (χ2v) is 9.22. The van der Waals surface area contributed by atoms with Crippen molar-refractivity contribution in [1.82, 2.24) is 4.57 Å². The Morgan fingerprint density at radius 1 is 0.943 bits per heavy atom. The fraction of sp³-hybridized carbons (Fsp3) is 0.172. The first kappa shape index (κ1) is 24.0. The van der Waals surface area contributed by atoms with Crippen molar-refractivity contribution in [3.63, 3.8) is 0 Å². The molecule has 0 aliphatic rings. The fourth-order valence-electron chi connectivity index (χ4n) is 3.91. The third-order valence-corrected chi connectivity index (χ3v) is 5.90. The molecule has 6 heteroatoms. The molecule has 2 amide bonds. The lowest BCUT2D eigenvalue weighted by molar-refractivity contribution is -0.117. The van der Waals surface area contributed by atoms with Gasteiger partial charge in [0.15, 0.2) is 0 Å². The summed E-state index contributed by atoms with van der Waals surface area (Å²) in [5.41, 5.74) is 2.60. The molecule has 0 fully saturated rings. The number of hydrogen-bond donors (Lipinski definition) is 2. The molecule has 3 aromatic carbocycles. The van der Waals surface area contributed by atoms with Crippen molar-refractivity contribution in [2.45, 2.75) is 26.8 Å². The molecule has 5 nitrogen and oxygen atoms in total. The highest BCUT2D eigenvalue weighted by molar-refractivity contribution is 6.07.